The monoisotopic (exact) mass is 338 g/mol. The summed E-state index contributed by atoms with van der Waals surface area (Å²) in [4.78, 5) is 14.7. The summed E-state index contributed by atoms with van der Waals surface area (Å²) < 4.78 is 1.07. The summed E-state index contributed by atoms with van der Waals surface area (Å²) in [5.41, 5.74) is 7.00. The zero-order valence-corrected chi connectivity index (χ0v) is 13.6. The third-order valence-corrected chi connectivity index (χ3v) is 4.53. The molecule has 1 aliphatic rings. The van der Waals surface area contributed by atoms with Crippen LogP contribution in [-0.2, 0) is 4.79 Å². The first-order valence-electron chi connectivity index (χ1n) is 7.43. The minimum atomic E-state index is -0.0206. The fourth-order valence-electron chi connectivity index (χ4n) is 3.02. The van der Waals surface area contributed by atoms with E-state index in [1.165, 1.54) is 5.56 Å². The maximum absolute atomic E-state index is 12.7. The lowest BCUT2D eigenvalue weighted by Gasteiger charge is -2.29. The number of rotatable bonds is 5. The van der Waals surface area contributed by atoms with Gasteiger partial charge < -0.3 is 10.6 Å². The standard InChI is InChI=1S/C16H23BrN2O/c1-2-5-13(11-18)16(20)19-9-4-8-15(19)12-6-3-7-14(17)10-12/h3,6-7,10,13,15H,2,4-5,8-9,11,18H2,1H3. The van der Waals surface area contributed by atoms with E-state index in [2.05, 4.69) is 35.0 Å². The van der Waals surface area contributed by atoms with Crippen LogP contribution in [0.5, 0.6) is 0 Å². The number of hydrogen-bond acceptors (Lipinski definition) is 2. The van der Waals surface area contributed by atoms with Crippen LogP contribution in [0.3, 0.4) is 0 Å². The van der Waals surface area contributed by atoms with Gasteiger partial charge in [0.25, 0.3) is 0 Å². The minimum absolute atomic E-state index is 0.0206. The maximum atomic E-state index is 12.7. The van der Waals surface area contributed by atoms with E-state index in [4.69, 9.17) is 5.73 Å². The fraction of sp³-hybridized carbons (Fsp3) is 0.562. The van der Waals surface area contributed by atoms with Crippen molar-refractivity contribution in [2.45, 2.75) is 38.6 Å². The van der Waals surface area contributed by atoms with Crippen LogP contribution in [-0.4, -0.2) is 23.9 Å². The van der Waals surface area contributed by atoms with Crippen LogP contribution in [0.1, 0.15) is 44.2 Å². The van der Waals surface area contributed by atoms with Crippen molar-refractivity contribution in [3.05, 3.63) is 34.3 Å². The Morgan fingerprint density at radius 3 is 3.00 bits per heavy atom. The Labute approximate surface area is 129 Å². The fourth-order valence-corrected chi connectivity index (χ4v) is 3.43. The van der Waals surface area contributed by atoms with Gasteiger partial charge in [-0.3, -0.25) is 4.79 Å². The van der Waals surface area contributed by atoms with Crippen molar-refractivity contribution in [3.63, 3.8) is 0 Å². The highest BCUT2D eigenvalue weighted by Gasteiger charge is 2.33. The van der Waals surface area contributed by atoms with E-state index in [1.54, 1.807) is 0 Å². The highest BCUT2D eigenvalue weighted by atomic mass is 79.9. The van der Waals surface area contributed by atoms with Crippen molar-refractivity contribution in [2.24, 2.45) is 11.7 Å². The van der Waals surface area contributed by atoms with Crippen molar-refractivity contribution in [1.29, 1.82) is 0 Å². The Balaban J connectivity index is 2.16. The summed E-state index contributed by atoms with van der Waals surface area (Å²) in [6.45, 7) is 3.41. The number of nitrogens with two attached hydrogens (primary N) is 1. The molecule has 3 nitrogen and oxygen atoms in total. The number of halogens is 1. The molecule has 1 aromatic carbocycles. The second kappa shape index (κ2) is 7.23. The number of likely N-dealkylation sites (tertiary alicyclic amines) is 1. The van der Waals surface area contributed by atoms with Gasteiger partial charge in [-0.25, -0.2) is 0 Å². The lowest BCUT2D eigenvalue weighted by atomic mass is 9.99. The Kier molecular flexibility index (Phi) is 5.61. The molecular weight excluding hydrogens is 316 g/mol. The van der Waals surface area contributed by atoms with Crippen LogP contribution in [0.15, 0.2) is 28.7 Å². The summed E-state index contributed by atoms with van der Waals surface area (Å²) >= 11 is 3.51. The Bertz CT molecular complexity index is 464. The predicted molar refractivity (Wildman–Crippen MR) is 85.3 cm³/mol. The number of carbonyl (C=O) groups is 1. The number of amides is 1. The third-order valence-electron chi connectivity index (χ3n) is 4.04. The molecule has 2 atom stereocenters. The van der Waals surface area contributed by atoms with Gasteiger partial charge in [0.05, 0.1) is 12.0 Å². The van der Waals surface area contributed by atoms with Gasteiger partial charge in [-0.15, -0.1) is 0 Å². The SMILES string of the molecule is CCCC(CN)C(=O)N1CCCC1c1cccc(Br)c1. The number of carbonyl (C=O) groups excluding carboxylic acids is 1. The molecule has 1 fully saturated rings. The minimum Gasteiger partial charge on any atom is -0.335 e. The molecule has 2 unspecified atom stereocenters. The number of benzene rings is 1. The van der Waals surface area contributed by atoms with Gasteiger partial charge in [-0.05, 0) is 37.0 Å². The van der Waals surface area contributed by atoms with E-state index in [0.717, 1.165) is 36.7 Å². The predicted octanol–water partition coefficient (Wildman–Crippen LogP) is 3.49. The van der Waals surface area contributed by atoms with Gasteiger partial charge in [-0.1, -0.05) is 41.4 Å². The molecule has 0 aromatic heterocycles. The van der Waals surface area contributed by atoms with Crippen molar-refractivity contribution in [3.8, 4) is 0 Å². The lowest BCUT2D eigenvalue weighted by molar-refractivity contribution is -0.136. The molecule has 0 aliphatic carbocycles. The molecule has 1 saturated heterocycles. The van der Waals surface area contributed by atoms with Gasteiger partial charge >= 0.3 is 0 Å². The van der Waals surface area contributed by atoms with Gasteiger partial charge in [0.2, 0.25) is 5.91 Å². The van der Waals surface area contributed by atoms with E-state index < -0.39 is 0 Å². The van der Waals surface area contributed by atoms with Crippen LogP contribution >= 0.6 is 15.9 Å². The molecule has 1 amide bonds. The highest BCUT2D eigenvalue weighted by Crippen LogP contribution is 2.34. The van der Waals surface area contributed by atoms with Crippen LogP contribution in [0.25, 0.3) is 0 Å². The van der Waals surface area contributed by atoms with Crippen molar-refractivity contribution < 1.29 is 4.79 Å². The van der Waals surface area contributed by atoms with Gasteiger partial charge in [0.1, 0.15) is 0 Å². The highest BCUT2D eigenvalue weighted by molar-refractivity contribution is 9.10. The van der Waals surface area contributed by atoms with Crippen LogP contribution in [0.4, 0.5) is 0 Å². The summed E-state index contributed by atoms with van der Waals surface area (Å²) in [6.07, 6.45) is 4.01. The summed E-state index contributed by atoms with van der Waals surface area (Å²) in [6, 6.07) is 8.49. The first kappa shape index (κ1) is 15.5. The average molecular weight is 339 g/mol. The molecule has 110 valence electrons. The molecule has 1 aliphatic heterocycles. The van der Waals surface area contributed by atoms with E-state index >= 15 is 0 Å². The molecule has 0 saturated carbocycles. The van der Waals surface area contributed by atoms with Crippen LogP contribution < -0.4 is 5.73 Å². The lowest BCUT2D eigenvalue weighted by Crippen LogP contribution is -2.38. The largest absolute Gasteiger partial charge is 0.335 e. The Morgan fingerprint density at radius 1 is 1.55 bits per heavy atom. The Hall–Kier alpha value is -0.870. The summed E-state index contributed by atoms with van der Waals surface area (Å²) in [5, 5.41) is 0. The molecule has 0 bridgehead atoms. The molecule has 1 aromatic rings. The molecule has 2 rings (SSSR count). The summed E-state index contributed by atoms with van der Waals surface area (Å²) in [7, 11) is 0. The molecule has 0 radical (unpaired) electrons. The molecular formula is C16H23BrN2O. The molecule has 2 N–H and O–H groups in total. The molecule has 0 spiro atoms. The second-order valence-corrected chi connectivity index (χ2v) is 6.38. The van der Waals surface area contributed by atoms with Crippen LogP contribution in [0, 0.1) is 5.92 Å². The zero-order valence-electron chi connectivity index (χ0n) is 12.0. The van der Waals surface area contributed by atoms with E-state index in [-0.39, 0.29) is 17.9 Å². The van der Waals surface area contributed by atoms with Gasteiger partial charge in [0.15, 0.2) is 0 Å². The maximum Gasteiger partial charge on any atom is 0.227 e. The average Bonchev–Trinajstić information content (AvgIpc) is 2.93. The van der Waals surface area contributed by atoms with E-state index in [9.17, 15) is 4.79 Å². The van der Waals surface area contributed by atoms with Gasteiger partial charge in [0, 0.05) is 17.6 Å². The van der Waals surface area contributed by atoms with Crippen LogP contribution in [0.2, 0.25) is 0 Å². The number of hydrogen-bond donors (Lipinski definition) is 1. The summed E-state index contributed by atoms with van der Waals surface area (Å²) in [5.74, 6) is 0.213. The molecule has 20 heavy (non-hydrogen) atoms. The zero-order chi connectivity index (χ0) is 14.5. The third kappa shape index (κ3) is 3.41. The van der Waals surface area contributed by atoms with Gasteiger partial charge in [-0.2, -0.15) is 0 Å². The number of nitrogens with zero attached hydrogens (tertiary/aromatic N) is 1. The Morgan fingerprint density at radius 2 is 2.35 bits per heavy atom. The molecule has 1 heterocycles. The topological polar surface area (TPSA) is 46.3 Å². The van der Waals surface area contributed by atoms with Crippen molar-refractivity contribution in [1.82, 2.24) is 4.90 Å². The van der Waals surface area contributed by atoms with Crippen molar-refractivity contribution in [2.75, 3.05) is 13.1 Å². The normalized spacial score (nSPS) is 20.1. The second-order valence-electron chi connectivity index (χ2n) is 5.47. The van der Waals surface area contributed by atoms with Crippen molar-refractivity contribution >= 4 is 21.8 Å². The first-order valence-corrected chi connectivity index (χ1v) is 8.22. The smallest absolute Gasteiger partial charge is 0.227 e. The van der Waals surface area contributed by atoms with E-state index in [0.29, 0.717) is 6.54 Å². The molecule has 4 heteroatoms. The first-order chi connectivity index (χ1) is 9.67. The quantitative estimate of drug-likeness (QED) is 0.893. The van der Waals surface area contributed by atoms with E-state index in [1.807, 2.05) is 17.0 Å².